The summed E-state index contributed by atoms with van der Waals surface area (Å²) < 4.78 is 31.5. The highest BCUT2D eigenvalue weighted by Crippen LogP contribution is 2.07. The molecule has 0 aromatic heterocycles. The maximum atomic E-state index is 10.6. The Balaban J connectivity index is 3.83. The monoisotopic (exact) mass is 244 g/mol. The molecule has 6 heteroatoms. The van der Waals surface area contributed by atoms with E-state index in [1.54, 1.807) is 7.11 Å². The summed E-state index contributed by atoms with van der Waals surface area (Å²) in [5.74, 6) is 0.120. The van der Waals surface area contributed by atoms with Crippen molar-refractivity contribution in [1.29, 1.82) is 0 Å². The van der Waals surface area contributed by atoms with Gasteiger partial charge in [0.1, 0.15) is 0 Å². The van der Waals surface area contributed by atoms with Crippen LogP contribution in [0.2, 0.25) is 0 Å². The molecule has 1 unspecified atom stereocenters. The maximum Gasteiger partial charge on any atom is 0.234 e. The molecule has 0 fully saturated rings. The summed E-state index contributed by atoms with van der Waals surface area (Å²) in [6.45, 7) is 4.54. The van der Waals surface area contributed by atoms with E-state index in [0.29, 0.717) is 6.61 Å². The molecular formula is C8H17ClO4S. The molecule has 0 radical (unpaired) electrons. The van der Waals surface area contributed by atoms with Gasteiger partial charge in [0.25, 0.3) is 0 Å². The minimum Gasteiger partial charge on any atom is -0.382 e. The molecule has 0 aromatic rings. The zero-order valence-corrected chi connectivity index (χ0v) is 10.3. The second-order valence-corrected chi connectivity index (χ2v) is 6.25. The minimum absolute atomic E-state index is 0.0848. The third-order valence-corrected chi connectivity index (χ3v) is 2.85. The van der Waals surface area contributed by atoms with E-state index in [1.165, 1.54) is 0 Å². The van der Waals surface area contributed by atoms with E-state index in [4.69, 9.17) is 20.2 Å². The summed E-state index contributed by atoms with van der Waals surface area (Å²) in [4.78, 5) is 0. The number of rotatable bonds is 7. The molecule has 0 aliphatic carbocycles. The Hall–Kier alpha value is 0.160. The summed E-state index contributed by atoms with van der Waals surface area (Å²) in [5.41, 5.74) is 0. The Kier molecular flexibility index (Phi) is 6.68. The first kappa shape index (κ1) is 14.2. The summed E-state index contributed by atoms with van der Waals surface area (Å²) >= 11 is 0. The SMILES string of the molecule is COCC(OCCS(=O)(=O)Cl)C(C)C. The van der Waals surface area contributed by atoms with Crippen LogP contribution in [-0.4, -0.2) is 40.6 Å². The van der Waals surface area contributed by atoms with Gasteiger partial charge in [-0.1, -0.05) is 13.8 Å². The summed E-state index contributed by atoms with van der Waals surface area (Å²) in [6.07, 6.45) is -0.0848. The molecule has 86 valence electrons. The lowest BCUT2D eigenvalue weighted by Gasteiger charge is -2.20. The normalized spacial score (nSPS) is 14.6. The van der Waals surface area contributed by atoms with Crippen LogP contribution >= 0.6 is 10.7 Å². The molecular weight excluding hydrogens is 228 g/mol. The van der Waals surface area contributed by atoms with Gasteiger partial charge in [-0.2, -0.15) is 0 Å². The fraction of sp³-hybridized carbons (Fsp3) is 1.00. The van der Waals surface area contributed by atoms with E-state index in [-0.39, 0.29) is 24.4 Å². The second kappa shape index (κ2) is 6.61. The molecule has 0 N–H and O–H groups in total. The van der Waals surface area contributed by atoms with Crippen LogP contribution < -0.4 is 0 Å². The van der Waals surface area contributed by atoms with Crippen molar-refractivity contribution in [2.75, 3.05) is 26.1 Å². The molecule has 0 heterocycles. The average Bonchev–Trinajstić information content (AvgIpc) is 2.00. The standard InChI is InChI=1S/C8H17ClO4S/c1-7(2)8(6-12-3)13-4-5-14(9,10)11/h7-8H,4-6H2,1-3H3. The molecule has 0 aromatic carbocycles. The van der Waals surface area contributed by atoms with Crippen molar-refractivity contribution in [3.63, 3.8) is 0 Å². The van der Waals surface area contributed by atoms with Gasteiger partial charge in [0.2, 0.25) is 9.05 Å². The van der Waals surface area contributed by atoms with E-state index >= 15 is 0 Å². The predicted octanol–water partition coefficient (Wildman–Crippen LogP) is 1.24. The molecule has 0 bridgehead atoms. The molecule has 1 atom stereocenters. The van der Waals surface area contributed by atoms with Crippen molar-refractivity contribution < 1.29 is 17.9 Å². The summed E-state index contributed by atoms with van der Waals surface area (Å²) in [7, 11) is 3.16. The Bertz CT molecular complexity index is 238. The molecule has 0 saturated carbocycles. The van der Waals surface area contributed by atoms with Crippen LogP contribution in [0, 0.1) is 5.92 Å². The highest BCUT2D eigenvalue weighted by molar-refractivity contribution is 8.13. The predicted molar refractivity (Wildman–Crippen MR) is 56.1 cm³/mol. The molecule has 0 spiro atoms. The van der Waals surface area contributed by atoms with Crippen molar-refractivity contribution in [1.82, 2.24) is 0 Å². The lowest BCUT2D eigenvalue weighted by atomic mass is 10.1. The van der Waals surface area contributed by atoms with Crippen molar-refractivity contribution in [2.24, 2.45) is 5.92 Å². The van der Waals surface area contributed by atoms with Gasteiger partial charge in [-0.25, -0.2) is 8.42 Å². The van der Waals surface area contributed by atoms with Crippen LogP contribution in [0.1, 0.15) is 13.8 Å². The first-order chi connectivity index (χ1) is 6.37. The molecule has 0 saturated heterocycles. The van der Waals surface area contributed by atoms with E-state index in [9.17, 15) is 8.42 Å². The van der Waals surface area contributed by atoms with E-state index in [2.05, 4.69) is 0 Å². The first-order valence-electron chi connectivity index (χ1n) is 4.39. The summed E-state index contributed by atoms with van der Waals surface area (Å²) in [6, 6.07) is 0. The third kappa shape index (κ3) is 7.55. The number of halogens is 1. The topological polar surface area (TPSA) is 52.6 Å². The molecule has 4 nitrogen and oxygen atoms in total. The highest BCUT2D eigenvalue weighted by Gasteiger charge is 2.14. The third-order valence-electron chi connectivity index (χ3n) is 1.73. The van der Waals surface area contributed by atoms with Crippen molar-refractivity contribution >= 4 is 19.7 Å². The van der Waals surface area contributed by atoms with Gasteiger partial charge in [-0.3, -0.25) is 0 Å². The molecule has 0 aliphatic rings. The van der Waals surface area contributed by atoms with Gasteiger partial charge in [-0.05, 0) is 5.92 Å². The Morgan fingerprint density at radius 2 is 1.93 bits per heavy atom. The smallest absolute Gasteiger partial charge is 0.234 e. The fourth-order valence-electron chi connectivity index (χ4n) is 0.896. The second-order valence-electron chi connectivity index (χ2n) is 3.35. The van der Waals surface area contributed by atoms with Crippen molar-refractivity contribution in [3.05, 3.63) is 0 Å². The molecule has 0 aliphatic heterocycles. The van der Waals surface area contributed by atoms with Gasteiger partial charge >= 0.3 is 0 Å². The van der Waals surface area contributed by atoms with Crippen LogP contribution in [0.4, 0.5) is 0 Å². The number of ether oxygens (including phenoxy) is 2. The van der Waals surface area contributed by atoms with Gasteiger partial charge in [0, 0.05) is 17.8 Å². The molecule has 0 rings (SSSR count). The first-order valence-corrected chi connectivity index (χ1v) is 6.87. The number of methoxy groups -OCH3 is 1. The van der Waals surface area contributed by atoms with Crippen molar-refractivity contribution in [2.45, 2.75) is 20.0 Å². The van der Waals surface area contributed by atoms with Gasteiger partial charge in [-0.15, -0.1) is 0 Å². The molecule has 0 amide bonds. The number of hydrogen-bond acceptors (Lipinski definition) is 4. The van der Waals surface area contributed by atoms with Crippen LogP contribution in [0.3, 0.4) is 0 Å². The van der Waals surface area contributed by atoms with Crippen LogP contribution in [0.15, 0.2) is 0 Å². The minimum atomic E-state index is -3.45. The molecule has 14 heavy (non-hydrogen) atoms. The van der Waals surface area contributed by atoms with Gasteiger partial charge in [0.15, 0.2) is 0 Å². The van der Waals surface area contributed by atoms with Crippen LogP contribution in [0.25, 0.3) is 0 Å². The largest absolute Gasteiger partial charge is 0.382 e. The van der Waals surface area contributed by atoms with Gasteiger partial charge in [0.05, 0.1) is 25.1 Å². The van der Waals surface area contributed by atoms with E-state index in [0.717, 1.165) is 0 Å². The van der Waals surface area contributed by atoms with Crippen LogP contribution in [0.5, 0.6) is 0 Å². The van der Waals surface area contributed by atoms with E-state index in [1.807, 2.05) is 13.8 Å². The van der Waals surface area contributed by atoms with Crippen molar-refractivity contribution in [3.8, 4) is 0 Å². The summed E-state index contributed by atoms with van der Waals surface area (Å²) in [5, 5.41) is 0. The lowest BCUT2D eigenvalue weighted by Crippen LogP contribution is -2.27. The maximum absolute atomic E-state index is 10.6. The Labute approximate surface area is 90.0 Å². The zero-order valence-electron chi connectivity index (χ0n) is 8.70. The average molecular weight is 245 g/mol. The lowest BCUT2D eigenvalue weighted by molar-refractivity contribution is -0.0205. The van der Waals surface area contributed by atoms with Gasteiger partial charge < -0.3 is 9.47 Å². The Morgan fingerprint density at radius 1 is 1.36 bits per heavy atom. The zero-order chi connectivity index (χ0) is 11.2. The van der Waals surface area contributed by atoms with Crippen LogP contribution in [-0.2, 0) is 18.5 Å². The fourth-order valence-corrected chi connectivity index (χ4v) is 1.38. The Morgan fingerprint density at radius 3 is 2.29 bits per heavy atom. The quantitative estimate of drug-likeness (QED) is 0.633. The number of hydrogen-bond donors (Lipinski definition) is 0. The van der Waals surface area contributed by atoms with E-state index < -0.39 is 9.05 Å². The highest BCUT2D eigenvalue weighted by atomic mass is 35.7.